The van der Waals surface area contributed by atoms with E-state index in [1.54, 1.807) is 0 Å². The highest BCUT2D eigenvalue weighted by atomic mass is 35.5. The molecule has 1 aliphatic heterocycles. The fourth-order valence-electron chi connectivity index (χ4n) is 3.25. The van der Waals surface area contributed by atoms with Crippen LogP contribution < -0.4 is 11.1 Å². The Hall–Kier alpha value is -1.76. The summed E-state index contributed by atoms with van der Waals surface area (Å²) >= 11 is 7.83. The Kier molecular flexibility index (Phi) is 6.40. The third kappa shape index (κ3) is 4.90. The molecule has 1 aliphatic rings. The molecule has 2 amide bonds. The number of thioether (sulfide) groups is 1. The van der Waals surface area contributed by atoms with Crippen molar-refractivity contribution in [3.8, 4) is 0 Å². The van der Waals surface area contributed by atoms with Gasteiger partial charge in [0.25, 0.3) is 0 Å². The van der Waals surface area contributed by atoms with E-state index in [2.05, 4.69) is 5.32 Å². The summed E-state index contributed by atoms with van der Waals surface area (Å²) in [7, 11) is 0. The lowest BCUT2D eigenvalue weighted by atomic mass is 10.1. The molecule has 2 aromatic rings. The number of benzene rings is 2. The van der Waals surface area contributed by atoms with Gasteiger partial charge in [-0.3, -0.25) is 14.5 Å². The highest BCUT2D eigenvalue weighted by Crippen LogP contribution is 2.33. The van der Waals surface area contributed by atoms with Gasteiger partial charge in [0.05, 0.1) is 12.3 Å². The van der Waals surface area contributed by atoms with Gasteiger partial charge in [0.2, 0.25) is 11.8 Å². The second-order valence-corrected chi connectivity index (χ2v) is 7.89. The molecule has 1 heterocycles. The lowest BCUT2D eigenvalue weighted by Crippen LogP contribution is -2.47. The predicted octanol–water partition coefficient (Wildman–Crippen LogP) is 2.65. The van der Waals surface area contributed by atoms with Crippen molar-refractivity contribution in [2.24, 2.45) is 5.73 Å². The second-order valence-electron chi connectivity index (χ2n) is 6.47. The molecule has 2 aromatic carbocycles. The van der Waals surface area contributed by atoms with Crippen LogP contribution in [0, 0.1) is 0 Å². The normalized spacial score (nSPS) is 15.9. The van der Waals surface area contributed by atoms with Crippen molar-refractivity contribution >= 4 is 45.9 Å². The molecule has 0 unspecified atom stereocenters. The van der Waals surface area contributed by atoms with Gasteiger partial charge >= 0.3 is 0 Å². The number of hydrogen-bond donors (Lipinski definition) is 2. The van der Waals surface area contributed by atoms with E-state index < -0.39 is 0 Å². The maximum atomic E-state index is 12.3. The number of likely N-dealkylation sites (tertiary alicyclic amines) is 1. The van der Waals surface area contributed by atoms with E-state index in [0.717, 1.165) is 41.6 Å². The molecule has 0 saturated carbocycles. The molecule has 26 heavy (non-hydrogen) atoms. The average molecular weight is 392 g/mol. The van der Waals surface area contributed by atoms with E-state index in [-0.39, 0.29) is 17.9 Å². The third-order valence-electron chi connectivity index (χ3n) is 4.51. The van der Waals surface area contributed by atoms with Crippen molar-refractivity contribution < 1.29 is 9.59 Å². The number of carbonyl (C=O) groups excluding carboxylic acids is 2. The summed E-state index contributed by atoms with van der Waals surface area (Å²) in [6.45, 7) is 1.85. The van der Waals surface area contributed by atoms with Crippen LogP contribution in [-0.2, 0) is 9.59 Å². The van der Waals surface area contributed by atoms with Gasteiger partial charge in [-0.15, -0.1) is 11.8 Å². The zero-order chi connectivity index (χ0) is 18.5. The number of rotatable bonds is 6. The Balaban J connectivity index is 1.52. The van der Waals surface area contributed by atoms with Crippen LogP contribution in [0.25, 0.3) is 10.8 Å². The van der Waals surface area contributed by atoms with E-state index >= 15 is 0 Å². The van der Waals surface area contributed by atoms with E-state index in [1.807, 2.05) is 41.3 Å². The first kappa shape index (κ1) is 19.0. The number of nitrogens with one attached hydrogen (secondary N) is 1. The molecule has 0 atom stereocenters. The topological polar surface area (TPSA) is 75.4 Å². The predicted molar refractivity (Wildman–Crippen MR) is 106 cm³/mol. The van der Waals surface area contributed by atoms with Crippen molar-refractivity contribution in [2.45, 2.75) is 23.8 Å². The zero-order valence-corrected chi connectivity index (χ0v) is 16.0. The van der Waals surface area contributed by atoms with Gasteiger partial charge in [-0.25, -0.2) is 0 Å². The molecule has 138 valence electrons. The fraction of sp³-hybridized carbons (Fsp3) is 0.368. The van der Waals surface area contributed by atoms with Gasteiger partial charge in [0.15, 0.2) is 0 Å². The highest BCUT2D eigenvalue weighted by molar-refractivity contribution is 8.00. The number of piperidine rings is 1. The molecule has 1 fully saturated rings. The van der Waals surface area contributed by atoms with E-state index in [0.29, 0.717) is 17.3 Å². The van der Waals surface area contributed by atoms with Crippen LogP contribution in [0.5, 0.6) is 0 Å². The Morgan fingerprint density at radius 3 is 2.58 bits per heavy atom. The molecule has 1 saturated heterocycles. The Morgan fingerprint density at radius 2 is 1.88 bits per heavy atom. The van der Waals surface area contributed by atoms with Crippen LogP contribution in [-0.4, -0.2) is 48.1 Å². The summed E-state index contributed by atoms with van der Waals surface area (Å²) in [5, 5.41) is 5.86. The second kappa shape index (κ2) is 8.75. The van der Waals surface area contributed by atoms with Crippen LogP contribution in [0.2, 0.25) is 5.02 Å². The minimum Gasteiger partial charge on any atom is -0.369 e. The van der Waals surface area contributed by atoms with Crippen molar-refractivity contribution in [2.75, 3.05) is 25.4 Å². The average Bonchev–Trinajstić information content (AvgIpc) is 2.61. The monoisotopic (exact) mass is 391 g/mol. The minimum absolute atomic E-state index is 0.0207. The van der Waals surface area contributed by atoms with Crippen LogP contribution in [0.3, 0.4) is 0 Å². The number of halogens is 1. The third-order valence-corrected chi connectivity index (χ3v) is 5.88. The van der Waals surface area contributed by atoms with Crippen molar-refractivity contribution in [1.29, 1.82) is 0 Å². The van der Waals surface area contributed by atoms with Crippen molar-refractivity contribution in [3.63, 3.8) is 0 Å². The van der Waals surface area contributed by atoms with Crippen LogP contribution in [0.1, 0.15) is 12.8 Å². The number of fused-ring (bicyclic) bond motifs is 1. The first-order valence-electron chi connectivity index (χ1n) is 8.63. The van der Waals surface area contributed by atoms with Gasteiger partial charge < -0.3 is 11.1 Å². The summed E-state index contributed by atoms with van der Waals surface area (Å²) in [6, 6.07) is 12.0. The van der Waals surface area contributed by atoms with Crippen LogP contribution in [0.4, 0.5) is 0 Å². The van der Waals surface area contributed by atoms with Crippen LogP contribution >= 0.6 is 23.4 Å². The summed E-state index contributed by atoms with van der Waals surface area (Å²) in [4.78, 5) is 26.3. The quantitative estimate of drug-likeness (QED) is 0.742. The van der Waals surface area contributed by atoms with Gasteiger partial charge in [-0.05, 0) is 30.4 Å². The lowest BCUT2D eigenvalue weighted by molar-refractivity contribution is -0.121. The van der Waals surface area contributed by atoms with Crippen molar-refractivity contribution in [3.05, 3.63) is 41.4 Å². The van der Waals surface area contributed by atoms with Gasteiger partial charge in [0, 0.05) is 34.4 Å². The van der Waals surface area contributed by atoms with E-state index in [1.165, 1.54) is 11.8 Å². The number of primary amides is 1. The molecule has 0 bridgehead atoms. The first-order valence-corrected chi connectivity index (χ1v) is 9.99. The highest BCUT2D eigenvalue weighted by Gasteiger charge is 2.21. The lowest BCUT2D eigenvalue weighted by Gasteiger charge is -2.31. The van der Waals surface area contributed by atoms with Crippen LogP contribution in [0.15, 0.2) is 41.3 Å². The van der Waals surface area contributed by atoms with Crippen molar-refractivity contribution in [1.82, 2.24) is 10.2 Å². The smallest absolute Gasteiger partial charge is 0.231 e. The molecule has 0 aromatic heterocycles. The summed E-state index contributed by atoms with van der Waals surface area (Å²) in [6.07, 6.45) is 1.67. The molecule has 0 spiro atoms. The van der Waals surface area contributed by atoms with Gasteiger partial charge in [-0.1, -0.05) is 35.9 Å². The molecule has 5 nitrogen and oxygen atoms in total. The Bertz CT molecular complexity index is 801. The van der Waals surface area contributed by atoms with Gasteiger partial charge in [0.1, 0.15) is 0 Å². The molecule has 3 N–H and O–H groups in total. The number of hydrogen-bond acceptors (Lipinski definition) is 4. The van der Waals surface area contributed by atoms with Gasteiger partial charge in [-0.2, -0.15) is 0 Å². The molecule has 7 heteroatoms. The molecular weight excluding hydrogens is 370 g/mol. The number of nitrogens with zero attached hydrogens (tertiary/aromatic N) is 1. The minimum atomic E-state index is -0.308. The fourth-order valence-corrected chi connectivity index (χ4v) is 4.51. The maximum absolute atomic E-state index is 12.3. The summed E-state index contributed by atoms with van der Waals surface area (Å²) in [5.74, 6) is 0.0660. The Morgan fingerprint density at radius 1 is 1.19 bits per heavy atom. The SMILES string of the molecule is NC(=O)CN1CCC(NC(=O)CSc2cccc3cccc(Cl)c23)CC1. The molecule has 0 aliphatic carbocycles. The van der Waals surface area contributed by atoms with E-state index in [4.69, 9.17) is 17.3 Å². The zero-order valence-electron chi connectivity index (χ0n) is 14.4. The first-order chi connectivity index (χ1) is 12.5. The molecule has 0 radical (unpaired) electrons. The number of nitrogens with two attached hydrogens (primary N) is 1. The number of carbonyl (C=O) groups is 2. The van der Waals surface area contributed by atoms with E-state index in [9.17, 15) is 9.59 Å². The largest absolute Gasteiger partial charge is 0.369 e. The summed E-state index contributed by atoms with van der Waals surface area (Å²) < 4.78 is 0. The molecule has 3 rings (SSSR count). The standard InChI is InChI=1S/C19H22ClN3O2S/c20-15-5-1-3-13-4-2-6-16(19(13)15)26-12-18(25)22-14-7-9-23(10-8-14)11-17(21)24/h1-6,14H,7-12H2,(H2,21,24)(H,22,25). The molecular formula is C19H22ClN3O2S. The number of amides is 2. The summed E-state index contributed by atoms with van der Waals surface area (Å²) in [5.41, 5.74) is 5.22. The Labute approximate surface area is 162 Å². The maximum Gasteiger partial charge on any atom is 0.231 e.